The third-order valence-corrected chi connectivity index (χ3v) is 5.79. The minimum Gasteiger partial charge on any atom is -0.466 e. The SMILES string of the molecule is Cc1cc(C(=O)N2CCC3(CC2)C(=O)N(C)CCN3CC(C)C)c(C)o1. The van der Waals surface area contributed by atoms with Gasteiger partial charge in [0, 0.05) is 39.8 Å². The van der Waals surface area contributed by atoms with Crippen LogP contribution in [0.25, 0.3) is 0 Å². The summed E-state index contributed by atoms with van der Waals surface area (Å²) in [5.74, 6) is 2.17. The molecule has 3 heterocycles. The molecular weight excluding hydrogens is 330 g/mol. The fourth-order valence-corrected chi connectivity index (χ4v) is 4.41. The van der Waals surface area contributed by atoms with Crippen LogP contribution in [0.5, 0.6) is 0 Å². The average Bonchev–Trinajstić information content (AvgIpc) is 2.94. The van der Waals surface area contributed by atoms with Crippen LogP contribution >= 0.6 is 0 Å². The molecule has 1 aromatic rings. The van der Waals surface area contributed by atoms with Gasteiger partial charge in [0.15, 0.2) is 0 Å². The van der Waals surface area contributed by atoms with E-state index in [1.54, 1.807) is 0 Å². The molecule has 0 aromatic carbocycles. The highest BCUT2D eigenvalue weighted by Gasteiger charge is 2.50. The minimum atomic E-state index is -0.449. The number of piperazine rings is 1. The molecule has 3 rings (SSSR count). The van der Waals surface area contributed by atoms with Gasteiger partial charge in [0.2, 0.25) is 5.91 Å². The Morgan fingerprint density at radius 2 is 1.85 bits per heavy atom. The van der Waals surface area contributed by atoms with Crippen LogP contribution in [0.15, 0.2) is 10.5 Å². The number of carbonyl (C=O) groups excluding carboxylic acids is 2. The summed E-state index contributed by atoms with van der Waals surface area (Å²) in [6.45, 7) is 11.9. The highest BCUT2D eigenvalue weighted by Crippen LogP contribution is 2.34. The topological polar surface area (TPSA) is 57.0 Å². The number of carbonyl (C=O) groups is 2. The largest absolute Gasteiger partial charge is 0.466 e. The van der Waals surface area contributed by atoms with Crippen LogP contribution in [0.3, 0.4) is 0 Å². The Kier molecular flexibility index (Phi) is 5.15. The Bertz CT molecular complexity index is 686. The van der Waals surface area contributed by atoms with Gasteiger partial charge in [-0.1, -0.05) is 13.8 Å². The number of piperidine rings is 1. The van der Waals surface area contributed by atoms with Gasteiger partial charge in [-0.05, 0) is 38.7 Å². The van der Waals surface area contributed by atoms with E-state index < -0.39 is 5.54 Å². The monoisotopic (exact) mass is 361 g/mol. The second kappa shape index (κ2) is 7.06. The third-order valence-electron chi connectivity index (χ3n) is 5.79. The number of rotatable bonds is 3. The number of likely N-dealkylation sites (tertiary alicyclic amines) is 1. The summed E-state index contributed by atoms with van der Waals surface area (Å²) in [4.78, 5) is 32.0. The van der Waals surface area contributed by atoms with Crippen molar-refractivity contribution in [3.63, 3.8) is 0 Å². The fraction of sp³-hybridized carbons (Fsp3) is 0.700. The predicted molar refractivity (Wildman–Crippen MR) is 100 cm³/mol. The molecule has 0 aliphatic carbocycles. The first-order valence-corrected chi connectivity index (χ1v) is 9.61. The van der Waals surface area contributed by atoms with Crippen LogP contribution in [0.1, 0.15) is 48.6 Å². The van der Waals surface area contributed by atoms with E-state index in [0.29, 0.717) is 43.2 Å². The lowest BCUT2D eigenvalue weighted by molar-refractivity contribution is -0.154. The molecule has 2 amide bonds. The maximum absolute atomic E-state index is 13.1. The summed E-state index contributed by atoms with van der Waals surface area (Å²) in [5.41, 5.74) is 0.194. The number of aryl methyl sites for hydroxylation is 2. The van der Waals surface area contributed by atoms with Gasteiger partial charge in [-0.15, -0.1) is 0 Å². The third kappa shape index (κ3) is 3.27. The van der Waals surface area contributed by atoms with Crippen molar-refractivity contribution in [1.29, 1.82) is 0 Å². The van der Waals surface area contributed by atoms with Gasteiger partial charge in [0.05, 0.1) is 5.56 Å². The van der Waals surface area contributed by atoms with Gasteiger partial charge in [-0.2, -0.15) is 0 Å². The van der Waals surface area contributed by atoms with Crippen molar-refractivity contribution in [1.82, 2.24) is 14.7 Å². The first-order chi connectivity index (χ1) is 12.2. The van der Waals surface area contributed by atoms with Crippen LogP contribution < -0.4 is 0 Å². The summed E-state index contributed by atoms with van der Waals surface area (Å²) >= 11 is 0. The molecule has 2 aliphatic heterocycles. The average molecular weight is 361 g/mol. The molecule has 2 aliphatic rings. The maximum Gasteiger partial charge on any atom is 0.257 e. The first kappa shape index (κ1) is 19.0. The number of hydrogen-bond acceptors (Lipinski definition) is 4. The molecule has 0 radical (unpaired) electrons. The molecule has 26 heavy (non-hydrogen) atoms. The highest BCUT2D eigenvalue weighted by molar-refractivity contribution is 5.96. The number of likely N-dealkylation sites (N-methyl/N-ethyl adjacent to an activating group) is 1. The van der Waals surface area contributed by atoms with Crippen LogP contribution in [-0.4, -0.2) is 71.8 Å². The zero-order valence-electron chi connectivity index (χ0n) is 16.7. The highest BCUT2D eigenvalue weighted by atomic mass is 16.3. The van der Waals surface area contributed by atoms with Crippen LogP contribution in [0.2, 0.25) is 0 Å². The molecule has 6 heteroatoms. The molecule has 0 saturated carbocycles. The van der Waals surface area contributed by atoms with E-state index in [1.165, 1.54) is 0 Å². The van der Waals surface area contributed by atoms with Crippen LogP contribution in [-0.2, 0) is 4.79 Å². The molecule has 2 saturated heterocycles. The second-order valence-corrected chi connectivity index (χ2v) is 8.22. The van der Waals surface area contributed by atoms with Crippen molar-refractivity contribution in [3.8, 4) is 0 Å². The molecule has 0 unspecified atom stereocenters. The summed E-state index contributed by atoms with van der Waals surface area (Å²) < 4.78 is 5.51. The van der Waals surface area contributed by atoms with E-state index in [9.17, 15) is 9.59 Å². The van der Waals surface area contributed by atoms with Gasteiger partial charge < -0.3 is 14.2 Å². The molecular formula is C20H31N3O3. The Hall–Kier alpha value is -1.82. The first-order valence-electron chi connectivity index (χ1n) is 9.61. The molecule has 0 bridgehead atoms. The van der Waals surface area contributed by atoms with Crippen LogP contribution in [0.4, 0.5) is 0 Å². The molecule has 0 N–H and O–H groups in total. The molecule has 1 spiro atoms. The van der Waals surface area contributed by atoms with Crippen molar-refractivity contribution in [2.24, 2.45) is 5.92 Å². The Labute approximate surface area is 156 Å². The van der Waals surface area contributed by atoms with E-state index in [2.05, 4.69) is 18.7 Å². The van der Waals surface area contributed by atoms with Crippen molar-refractivity contribution in [2.75, 3.05) is 39.8 Å². The predicted octanol–water partition coefficient (Wildman–Crippen LogP) is 2.30. The Balaban J connectivity index is 1.76. The maximum atomic E-state index is 13.1. The van der Waals surface area contributed by atoms with E-state index in [1.807, 2.05) is 36.8 Å². The van der Waals surface area contributed by atoms with Gasteiger partial charge in [0.25, 0.3) is 5.91 Å². The van der Waals surface area contributed by atoms with E-state index in [0.717, 1.165) is 25.4 Å². The van der Waals surface area contributed by atoms with Crippen molar-refractivity contribution in [3.05, 3.63) is 23.2 Å². The fourth-order valence-electron chi connectivity index (χ4n) is 4.41. The molecule has 0 atom stereocenters. The standard InChI is InChI=1S/C20H31N3O3/c1-14(2)13-23-11-10-21(5)19(25)20(23)6-8-22(9-7-20)18(24)17-12-15(3)26-16(17)4/h12,14H,6-11,13H2,1-5H3. The molecule has 2 fully saturated rings. The van der Waals surface area contributed by atoms with Gasteiger partial charge in [-0.25, -0.2) is 0 Å². The molecule has 6 nitrogen and oxygen atoms in total. The van der Waals surface area contributed by atoms with E-state index in [-0.39, 0.29) is 11.8 Å². The lowest BCUT2D eigenvalue weighted by Crippen LogP contribution is -2.68. The minimum absolute atomic E-state index is 0.0150. The summed E-state index contributed by atoms with van der Waals surface area (Å²) in [6.07, 6.45) is 1.40. The number of hydrogen-bond donors (Lipinski definition) is 0. The van der Waals surface area contributed by atoms with Gasteiger partial charge in [0.1, 0.15) is 17.1 Å². The van der Waals surface area contributed by atoms with Crippen molar-refractivity contribution < 1.29 is 14.0 Å². The summed E-state index contributed by atoms with van der Waals surface area (Å²) in [6, 6.07) is 1.81. The number of amides is 2. The summed E-state index contributed by atoms with van der Waals surface area (Å²) in [5, 5.41) is 0. The van der Waals surface area contributed by atoms with E-state index >= 15 is 0 Å². The zero-order chi connectivity index (χ0) is 19.1. The van der Waals surface area contributed by atoms with Crippen LogP contribution in [0, 0.1) is 19.8 Å². The summed E-state index contributed by atoms with van der Waals surface area (Å²) in [7, 11) is 1.89. The zero-order valence-corrected chi connectivity index (χ0v) is 16.7. The quantitative estimate of drug-likeness (QED) is 0.829. The molecule has 144 valence electrons. The van der Waals surface area contributed by atoms with E-state index in [4.69, 9.17) is 4.42 Å². The molecule has 1 aromatic heterocycles. The number of furan rings is 1. The normalized spacial score (nSPS) is 21.1. The Morgan fingerprint density at radius 3 is 2.38 bits per heavy atom. The lowest BCUT2D eigenvalue weighted by Gasteiger charge is -2.52. The van der Waals surface area contributed by atoms with Gasteiger partial charge in [-0.3, -0.25) is 14.5 Å². The van der Waals surface area contributed by atoms with Crippen molar-refractivity contribution in [2.45, 2.75) is 46.1 Å². The number of nitrogens with zero attached hydrogens (tertiary/aromatic N) is 3. The lowest BCUT2D eigenvalue weighted by atomic mass is 9.81. The van der Waals surface area contributed by atoms with Gasteiger partial charge >= 0.3 is 0 Å². The Morgan fingerprint density at radius 1 is 1.19 bits per heavy atom. The second-order valence-electron chi connectivity index (χ2n) is 8.22. The smallest absolute Gasteiger partial charge is 0.257 e. The van der Waals surface area contributed by atoms with Crippen molar-refractivity contribution >= 4 is 11.8 Å².